The summed E-state index contributed by atoms with van der Waals surface area (Å²) in [5, 5.41) is 8.63. The lowest BCUT2D eigenvalue weighted by molar-refractivity contribution is 0.277. The van der Waals surface area contributed by atoms with E-state index in [0.717, 1.165) is 25.7 Å². The third kappa shape index (κ3) is 2.74. The van der Waals surface area contributed by atoms with Gasteiger partial charge in [0.05, 0.1) is 22.9 Å². The molecule has 4 unspecified atom stereocenters. The highest BCUT2D eigenvalue weighted by atomic mass is 35.5. The van der Waals surface area contributed by atoms with Crippen LogP contribution >= 0.6 is 23.2 Å². The van der Waals surface area contributed by atoms with E-state index >= 15 is 0 Å². The van der Waals surface area contributed by atoms with Crippen molar-refractivity contribution in [3.05, 3.63) is 0 Å². The Hall–Kier alpha value is 0.0300. The number of rotatable bonds is 2. The number of hydrogen-bond donors (Lipinski definition) is 1. The second-order valence-corrected chi connectivity index (χ2v) is 4.58. The average Bonchev–Trinajstić information content (AvgIpc) is 2.16. The van der Waals surface area contributed by atoms with Crippen LogP contribution in [0, 0.1) is 23.2 Å². The summed E-state index contributed by atoms with van der Waals surface area (Å²) in [6, 6.07) is 2.29. The molecule has 1 saturated carbocycles. The number of hydrogen-bond acceptors (Lipinski definition) is 2. The van der Waals surface area contributed by atoms with Crippen LogP contribution in [0.15, 0.2) is 0 Å². The highest BCUT2D eigenvalue weighted by Gasteiger charge is 2.33. The molecule has 4 heteroatoms. The Morgan fingerprint density at radius 1 is 1.31 bits per heavy atom. The first-order chi connectivity index (χ1) is 6.16. The van der Waals surface area contributed by atoms with Gasteiger partial charge in [-0.15, -0.1) is 23.2 Å². The predicted octanol–water partition coefficient (Wildman–Crippen LogP) is 2.45. The molecule has 0 spiro atoms. The first-order valence-electron chi connectivity index (χ1n) is 4.60. The van der Waals surface area contributed by atoms with Gasteiger partial charge in [-0.2, -0.15) is 5.26 Å². The highest BCUT2D eigenvalue weighted by Crippen LogP contribution is 2.35. The number of nitrogens with zero attached hydrogens (tertiary/aromatic N) is 1. The standard InChI is InChI=1S/C9H14Cl2N2/c10-8(9(11)13)7-4-2-1-3-6(7)5-12/h6-9H,1-4,13H2. The molecular formula is C9H14Cl2N2. The van der Waals surface area contributed by atoms with E-state index in [-0.39, 0.29) is 17.2 Å². The van der Waals surface area contributed by atoms with E-state index in [4.69, 9.17) is 34.2 Å². The second-order valence-electron chi connectivity index (χ2n) is 3.57. The first kappa shape index (κ1) is 11.1. The van der Waals surface area contributed by atoms with Crippen molar-refractivity contribution in [2.75, 3.05) is 0 Å². The molecule has 0 bridgehead atoms. The van der Waals surface area contributed by atoms with Crippen molar-refractivity contribution in [3.8, 4) is 6.07 Å². The Labute approximate surface area is 89.0 Å². The molecule has 0 aromatic carbocycles. The smallest absolute Gasteiger partial charge is 0.0969 e. The monoisotopic (exact) mass is 220 g/mol. The summed E-state index contributed by atoms with van der Waals surface area (Å²) in [6.45, 7) is 0. The zero-order chi connectivity index (χ0) is 9.84. The fourth-order valence-electron chi connectivity index (χ4n) is 1.94. The lowest BCUT2D eigenvalue weighted by atomic mass is 9.78. The van der Waals surface area contributed by atoms with Crippen molar-refractivity contribution in [1.29, 1.82) is 5.26 Å². The van der Waals surface area contributed by atoms with Crippen molar-refractivity contribution in [2.24, 2.45) is 17.6 Å². The van der Waals surface area contributed by atoms with Gasteiger partial charge in [-0.05, 0) is 18.8 Å². The van der Waals surface area contributed by atoms with E-state index < -0.39 is 5.50 Å². The molecule has 2 N–H and O–H groups in total. The fraction of sp³-hybridized carbons (Fsp3) is 0.889. The summed E-state index contributed by atoms with van der Waals surface area (Å²) in [6.07, 6.45) is 4.17. The fourth-order valence-corrected chi connectivity index (χ4v) is 2.43. The molecule has 0 amide bonds. The molecule has 0 aromatic heterocycles. The topological polar surface area (TPSA) is 49.8 Å². The zero-order valence-electron chi connectivity index (χ0n) is 7.42. The minimum absolute atomic E-state index is 0.0426. The zero-order valence-corrected chi connectivity index (χ0v) is 8.93. The van der Waals surface area contributed by atoms with E-state index in [0.29, 0.717) is 0 Å². The van der Waals surface area contributed by atoms with Crippen LogP contribution in [0.5, 0.6) is 0 Å². The first-order valence-corrected chi connectivity index (χ1v) is 5.47. The molecule has 1 fully saturated rings. The number of alkyl halides is 2. The molecular weight excluding hydrogens is 207 g/mol. The van der Waals surface area contributed by atoms with Crippen LogP contribution in [0.25, 0.3) is 0 Å². The molecule has 1 rings (SSSR count). The Bertz CT molecular complexity index is 200. The molecule has 74 valence electrons. The Balaban J connectivity index is 2.59. The van der Waals surface area contributed by atoms with Crippen molar-refractivity contribution >= 4 is 23.2 Å². The van der Waals surface area contributed by atoms with E-state index in [1.165, 1.54) is 0 Å². The van der Waals surface area contributed by atoms with Gasteiger partial charge in [0.1, 0.15) is 0 Å². The van der Waals surface area contributed by atoms with Crippen molar-refractivity contribution < 1.29 is 0 Å². The van der Waals surface area contributed by atoms with Crippen LogP contribution < -0.4 is 5.73 Å². The van der Waals surface area contributed by atoms with E-state index in [2.05, 4.69) is 6.07 Å². The summed E-state index contributed by atoms with van der Waals surface area (Å²) in [5.74, 6) is 0.217. The average molecular weight is 221 g/mol. The van der Waals surface area contributed by atoms with Gasteiger partial charge in [0.25, 0.3) is 0 Å². The Morgan fingerprint density at radius 2 is 1.92 bits per heavy atom. The predicted molar refractivity (Wildman–Crippen MR) is 54.5 cm³/mol. The minimum Gasteiger partial charge on any atom is -0.314 e. The van der Waals surface area contributed by atoms with Gasteiger partial charge in [-0.25, -0.2) is 0 Å². The van der Waals surface area contributed by atoms with Gasteiger partial charge in [0, 0.05) is 0 Å². The largest absolute Gasteiger partial charge is 0.314 e. The SMILES string of the molecule is N#CC1CCCCC1C(Cl)C(N)Cl. The van der Waals surface area contributed by atoms with E-state index in [1.54, 1.807) is 0 Å². The summed E-state index contributed by atoms with van der Waals surface area (Å²) in [7, 11) is 0. The van der Waals surface area contributed by atoms with Gasteiger partial charge in [-0.3, -0.25) is 0 Å². The van der Waals surface area contributed by atoms with Gasteiger partial charge in [-0.1, -0.05) is 12.8 Å². The maximum absolute atomic E-state index is 8.90. The third-order valence-electron chi connectivity index (χ3n) is 2.70. The third-order valence-corrected chi connectivity index (χ3v) is 3.69. The van der Waals surface area contributed by atoms with Crippen molar-refractivity contribution in [2.45, 2.75) is 36.6 Å². The molecule has 0 aliphatic heterocycles. The van der Waals surface area contributed by atoms with E-state index in [1.807, 2.05) is 0 Å². The molecule has 0 radical (unpaired) electrons. The molecule has 0 aromatic rings. The normalized spacial score (nSPS) is 33.4. The van der Waals surface area contributed by atoms with Crippen molar-refractivity contribution in [1.82, 2.24) is 0 Å². The molecule has 1 aliphatic rings. The van der Waals surface area contributed by atoms with Crippen LogP contribution in [0.3, 0.4) is 0 Å². The second kappa shape index (κ2) is 5.05. The number of halogens is 2. The summed E-state index contributed by atoms with van der Waals surface area (Å²) in [5.41, 5.74) is 4.97. The maximum atomic E-state index is 8.90. The lowest BCUT2D eigenvalue weighted by Gasteiger charge is -2.31. The van der Waals surface area contributed by atoms with Gasteiger partial charge in [0.15, 0.2) is 0 Å². The Morgan fingerprint density at radius 3 is 2.46 bits per heavy atom. The molecule has 2 nitrogen and oxygen atoms in total. The lowest BCUT2D eigenvalue weighted by Crippen LogP contribution is -2.36. The van der Waals surface area contributed by atoms with Crippen LogP contribution in [-0.4, -0.2) is 10.9 Å². The quantitative estimate of drug-likeness (QED) is 0.575. The van der Waals surface area contributed by atoms with Gasteiger partial charge < -0.3 is 5.73 Å². The van der Waals surface area contributed by atoms with Crippen LogP contribution in [0.1, 0.15) is 25.7 Å². The molecule has 1 aliphatic carbocycles. The van der Waals surface area contributed by atoms with Gasteiger partial charge in [0.2, 0.25) is 0 Å². The van der Waals surface area contributed by atoms with Gasteiger partial charge >= 0.3 is 0 Å². The summed E-state index contributed by atoms with van der Waals surface area (Å²) < 4.78 is 0. The Kier molecular flexibility index (Phi) is 4.31. The maximum Gasteiger partial charge on any atom is 0.0969 e. The number of nitrogens with two attached hydrogens (primary N) is 1. The molecule has 0 heterocycles. The summed E-state index contributed by atoms with van der Waals surface area (Å²) in [4.78, 5) is 0. The van der Waals surface area contributed by atoms with Crippen LogP contribution in [-0.2, 0) is 0 Å². The molecule has 13 heavy (non-hydrogen) atoms. The number of nitriles is 1. The highest BCUT2D eigenvalue weighted by molar-refractivity contribution is 6.29. The van der Waals surface area contributed by atoms with E-state index in [9.17, 15) is 0 Å². The van der Waals surface area contributed by atoms with Crippen LogP contribution in [0.2, 0.25) is 0 Å². The molecule has 0 saturated heterocycles. The molecule has 4 atom stereocenters. The van der Waals surface area contributed by atoms with Crippen molar-refractivity contribution in [3.63, 3.8) is 0 Å². The van der Waals surface area contributed by atoms with Crippen LogP contribution in [0.4, 0.5) is 0 Å². The summed E-state index contributed by atoms with van der Waals surface area (Å²) >= 11 is 11.8. The minimum atomic E-state index is -0.541.